The number of rotatable bonds is 2. The molecule has 1 aliphatic heterocycles. The Morgan fingerprint density at radius 3 is 2.36 bits per heavy atom. The highest BCUT2D eigenvalue weighted by Gasteiger charge is 2.48. The molecule has 0 bridgehead atoms. The van der Waals surface area contributed by atoms with Crippen LogP contribution >= 0.6 is 0 Å². The molecule has 11 heavy (non-hydrogen) atoms. The number of hydrogen-bond donors (Lipinski definition) is 2. The number of nitrogens with one attached hydrogen (secondary N) is 1. The van der Waals surface area contributed by atoms with Crippen molar-refractivity contribution in [1.29, 1.82) is 0 Å². The molecule has 0 atom stereocenters. The van der Waals surface area contributed by atoms with Gasteiger partial charge in [-0.3, -0.25) is 0 Å². The molecule has 2 fully saturated rings. The van der Waals surface area contributed by atoms with E-state index in [-0.39, 0.29) is 0 Å². The quantitative estimate of drug-likeness (QED) is 0.617. The second kappa shape index (κ2) is 2.76. The Balaban J connectivity index is 1.92. The SMILES string of the molecule is OCC1(C2CCNCC2)CC1. The molecule has 2 N–H and O–H groups in total. The van der Waals surface area contributed by atoms with Gasteiger partial charge in [0.25, 0.3) is 0 Å². The lowest BCUT2D eigenvalue weighted by Crippen LogP contribution is -2.33. The first-order chi connectivity index (χ1) is 5.37. The van der Waals surface area contributed by atoms with Gasteiger partial charge in [-0.2, -0.15) is 0 Å². The van der Waals surface area contributed by atoms with Crippen LogP contribution in [0.4, 0.5) is 0 Å². The number of hydrogen-bond acceptors (Lipinski definition) is 2. The molecule has 0 radical (unpaired) electrons. The Labute approximate surface area is 68.0 Å². The van der Waals surface area contributed by atoms with Crippen LogP contribution in [-0.4, -0.2) is 24.8 Å². The summed E-state index contributed by atoms with van der Waals surface area (Å²) < 4.78 is 0. The second-order valence-corrected chi connectivity index (χ2v) is 4.04. The lowest BCUT2D eigenvalue weighted by atomic mass is 9.83. The lowest BCUT2D eigenvalue weighted by Gasteiger charge is -2.29. The molecule has 2 nitrogen and oxygen atoms in total. The van der Waals surface area contributed by atoms with Gasteiger partial charge in [0.05, 0.1) is 0 Å². The maximum Gasteiger partial charge on any atom is 0.0490 e. The zero-order chi connectivity index (χ0) is 7.73. The van der Waals surface area contributed by atoms with Gasteiger partial charge in [-0.05, 0) is 50.1 Å². The van der Waals surface area contributed by atoms with E-state index in [1.165, 1.54) is 25.7 Å². The molecule has 2 rings (SSSR count). The molecule has 0 spiro atoms. The Bertz CT molecular complexity index is 136. The van der Waals surface area contributed by atoms with E-state index < -0.39 is 0 Å². The molecule has 0 unspecified atom stereocenters. The molecule has 1 aliphatic carbocycles. The average molecular weight is 155 g/mol. The lowest BCUT2D eigenvalue weighted by molar-refractivity contribution is 0.133. The van der Waals surface area contributed by atoms with Crippen LogP contribution in [0, 0.1) is 11.3 Å². The molecule has 1 saturated carbocycles. The van der Waals surface area contributed by atoms with E-state index in [1.807, 2.05) is 0 Å². The third kappa shape index (κ3) is 1.30. The van der Waals surface area contributed by atoms with Gasteiger partial charge in [-0.15, -0.1) is 0 Å². The first-order valence-corrected chi connectivity index (χ1v) is 4.69. The van der Waals surface area contributed by atoms with Crippen LogP contribution in [0.3, 0.4) is 0 Å². The highest BCUT2D eigenvalue weighted by molar-refractivity contribution is 4.99. The first-order valence-electron chi connectivity index (χ1n) is 4.69. The van der Waals surface area contributed by atoms with E-state index in [4.69, 9.17) is 0 Å². The van der Waals surface area contributed by atoms with Crippen LogP contribution in [0.1, 0.15) is 25.7 Å². The van der Waals surface area contributed by atoms with Crippen LogP contribution in [-0.2, 0) is 0 Å². The average Bonchev–Trinajstić information content (AvgIpc) is 2.86. The standard InChI is InChI=1S/C9H17NO/c11-7-9(3-4-9)8-1-5-10-6-2-8/h8,10-11H,1-7H2. The van der Waals surface area contributed by atoms with E-state index in [9.17, 15) is 5.11 Å². The topological polar surface area (TPSA) is 32.3 Å². The van der Waals surface area contributed by atoms with Gasteiger partial charge in [-0.1, -0.05) is 0 Å². The molecule has 1 heterocycles. The van der Waals surface area contributed by atoms with Gasteiger partial charge in [0.2, 0.25) is 0 Å². The van der Waals surface area contributed by atoms with Gasteiger partial charge in [0, 0.05) is 6.61 Å². The van der Waals surface area contributed by atoms with Crippen molar-refractivity contribution in [1.82, 2.24) is 5.32 Å². The number of aliphatic hydroxyl groups excluding tert-OH is 1. The predicted octanol–water partition coefficient (Wildman–Crippen LogP) is 0.758. The van der Waals surface area contributed by atoms with Crippen molar-refractivity contribution in [3.63, 3.8) is 0 Å². The summed E-state index contributed by atoms with van der Waals surface area (Å²) in [5, 5.41) is 12.5. The fourth-order valence-corrected chi connectivity index (χ4v) is 2.29. The summed E-state index contributed by atoms with van der Waals surface area (Å²) in [6, 6.07) is 0. The Morgan fingerprint density at radius 2 is 1.91 bits per heavy atom. The summed E-state index contributed by atoms with van der Waals surface area (Å²) in [6.45, 7) is 2.75. The zero-order valence-corrected chi connectivity index (χ0v) is 6.97. The van der Waals surface area contributed by atoms with Crippen molar-refractivity contribution < 1.29 is 5.11 Å². The van der Waals surface area contributed by atoms with Crippen molar-refractivity contribution in [2.75, 3.05) is 19.7 Å². The third-order valence-electron chi connectivity index (χ3n) is 3.41. The highest BCUT2D eigenvalue weighted by Crippen LogP contribution is 2.54. The monoisotopic (exact) mass is 155 g/mol. The zero-order valence-electron chi connectivity index (χ0n) is 6.97. The molecule has 0 aromatic heterocycles. The molecule has 2 heteroatoms. The summed E-state index contributed by atoms with van der Waals surface area (Å²) in [6.07, 6.45) is 5.10. The van der Waals surface area contributed by atoms with E-state index >= 15 is 0 Å². The van der Waals surface area contributed by atoms with E-state index in [2.05, 4.69) is 5.32 Å². The van der Waals surface area contributed by atoms with Crippen LogP contribution in [0.5, 0.6) is 0 Å². The van der Waals surface area contributed by atoms with E-state index in [0.717, 1.165) is 19.0 Å². The van der Waals surface area contributed by atoms with Crippen LogP contribution in [0.15, 0.2) is 0 Å². The van der Waals surface area contributed by atoms with Gasteiger partial charge in [0.1, 0.15) is 0 Å². The minimum atomic E-state index is 0.377. The summed E-state index contributed by atoms with van der Waals surface area (Å²) in [5.41, 5.74) is 0.377. The Kier molecular flexibility index (Phi) is 1.90. The molecule has 0 amide bonds. The van der Waals surface area contributed by atoms with Crippen LogP contribution < -0.4 is 5.32 Å². The van der Waals surface area contributed by atoms with Gasteiger partial charge in [-0.25, -0.2) is 0 Å². The highest BCUT2D eigenvalue weighted by atomic mass is 16.3. The van der Waals surface area contributed by atoms with Gasteiger partial charge >= 0.3 is 0 Å². The fraction of sp³-hybridized carbons (Fsp3) is 1.00. The molecule has 2 aliphatic rings. The molecule has 0 aromatic rings. The molecule has 64 valence electrons. The Hall–Kier alpha value is -0.0800. The van der Waals surface area contributed by atoms with E-state index in [0.29, 0.717) is 12.0 Å². The Morgan fingerprint density at radius 1 is 1.27 bits per heavy atom. The summed E-state index contributed by atoms with van der Waals surface area (Å²) in [5.74, 6) is 0.814. The fourth-order valence-electron chi connectivity index (χ4n) is 2.29. The smallest absolute Gasteiger partial charge is 0.0490 e. The van der Waals surface area contributed by atoms with Crippen molar-refractivity contribution in [2.45, 2.75) is 25.7 Å². The molecular weight excluding hydrogens is 138 g/mol. The largest absolute Gasteiger partial charge is 0.396 e. The summed E-state index contributed by atoms with van der Waals surface area (Å²) >= 11 is 0. The predicted molar refractivity (Wildman–Crippen MR) is 44.3 cm³/mol. The summed E-state index contributed by atoms with van der Waals surface area (Å²) in [7, 11) is 0. The minimum Gasteiger partial charge on any atom is -0.396 e. The summed E-state index contributed by atoms with van der Waals surface area (Å²) in [4.78, 5) is 0. The maximum atomic E-state index is 9.19. The third-order valence-corrected chi connectivity index (χ3v) is 3.41. The maximum absolute atomic E-state index is 9.19. The van der Waals surface area contributed by atoms with Gasteiger partial charge in [0.15, 0.2) is 0 Å². The van der Waals surface area contributed by atoms with Crippen molar-refractivity contribution >= 4 is 0 Å². The van der Waals surface area contributed by atoms with Crippen molar-refractivity contribution in [2.24, 2.45) is 11.3 Å². The van der Waals surface area contributed by atoms with Crippen LogP contribution in [0.25, 0.3) is 0 Å². The second-order valence-electron chi connectivity index (χ2n) is 4.04. The van der Waals surface area contributed by atoms with Crippen molar-refractivity contribution in [3.05, 3.63) is 0 Å². The number of aliphatic hydroxyl groups is 1. The van der Waals surface area contributed by atoms with Crippen molar-refractivity contribution in [3.8, 4) is 0 Å². The van der Waals surface area contributed by atoms with Crippen LogP contribution in [0.2, 0.25) is 0 Å². The molecule has 1 saturated heterocycles. The first kappa shape index (κ1) is 7.56. The molecular formula is C9H17NO. The van der Waals surface area contributed by atoms with E-state index in [1.54, 1.807) is 0 Å². The molecule has 0 aromatic carbocycles. The minimum absolute atomic E-state index is 0.377. The number of piperidine rings is 1. The normalized spacial score (nSPS) is 30.3. The van der Waals surface area contributed by atoms with Gasteiger partial charge < -0.3 is 10.4 Å².